The zero-order chi connectivity index (χ0) is 21.7. The van der Waals surface area contributed by atoms with E-state index in [0.29, 0.717) is 17.7 Å². The van der Waals surface area contributed by atoms with Gasteiger partial charge in [0.05, 0.1) is 29.2 Å². The fraction of sp³-hybridized carbons (Fsp3) is 0.238. The van der Waals surface area contributed by atoms with Crippen molar-refractivity contribution in [3.63, 3.8) is 0 Å². The Morgan fingerprint density at radius 1 is 1.13 bits per heavy atom. The lowest BCUT2D eigenvalue weighted by Gasteiger charge is -2.15. The van der Waals surface area contributed by atoms with E-state index in [-0.39, 0.29) is 27.8 Å². The predicted octanol–water partition coefficient (Wildman–Crippen LogP) is 2.42. The molecule has 1 heterocycles. The average Bonchev–Trinajstić information content (AvgIpc) is 3.06. The molecule has 2 amide bonds. The van der Waals surface area contributed by atoms with E-state index in [2.05, 4.69) is 10.6 Å². The van der Waals surface area contributed by atoms with Crippen LogP contribution in [0.25, 0.3) is 6.08 Å². The fourth-order valence-electron chi connectivity index (χ4n) is 3.03. The molecule has 7 nitrogen and oxygen atoms in total. The first-order valence-corrected chi connectivity index (χ1v) is 11.4. The summed E-state index contributed by atoms with van der Waals surface area (Å²) in [5.41, 5.74) is 0.852. The minimum absolute atomic E-state index is 0.0191. The number of nitrogens with one attached hydrogen (secondary N) is 2. The van der Waals surface area contributed by atoms with Crippen molar-refractivity contribution in [2.75, 3.05) is 18.6 Å². The van der Waals surface area contributed by atoms with E-state index < -0.39 is 27.7 Å². The van der Waals surface area contributed by atoms with Gasteiger partial charge in [0.2, 0.25) is 0 Å². The normalized spacial score (nSPS) is 17.9. The highest BCUT2D eigenvalue weighted by Gasteiger charge is 2.30. The Bertz CT molecular complexity index is 1080. The van der Waals surface area contributed by atoms with Crippen LogP contribution in [0, 0.1) is 0 Å². The monoisotopic (exact) mass is 448 g/mol. The summed E-state index contributed by atoms with van der Waals surface area (Å²) in [6.45, 7) is 0. The highest BCUT2D eigenvalue weighted by atomic mass is 35.5. The molecular formula is C21H21ClN2O5S. The van der Waals surface area contributed by atoms with Gasteiger partial charge >= 0.3 is 0 Å². The number of benzene rings is 2. The van der Waals surface area contributed by atoms with Crippen LogP contribution in [-0.2, 0) is 14.6 Å². The first-order valence-electron chi connectivity index (χ1n) is 9.20. The van der Waals surface area contributed by atoms with Gasteiger partial charge in [-0.1, -0.05) is 35.9 Å². The number of methoxy groups -OCH3 is 1. The molecule has 1 atom stereocenters. The molecule has 0 aliphatic carbocycles. The van der Waals surface area contributed by atoms with E-state index in [0.717, 1.165) is 0 Å². The number of rotatable bonds is 6. The summed E-state index contributed by atoms with van der Waals surface area (Å²) < 4.78 is 28.5. The largest absolute Gasteiger partial charge is 0.497 e. The lowest BCUT2D eigenvalue weighted by molar-refractivity contribution is -0.118. The summed E-state index contributed by atoms with van der Waals surface area (Å²) in [6, 6.07) is 12.9. The molecule has 0 spiro atoms. The Labute approximate surface area is 180 Å². The van der Waals surface area contributed by atoms with Gasteiger partial charge in [-0.3, -0.25) is 9.59 Å². The topological polar surface area (TPSA) is 102 Å². The highest BCUT2D eigenvalue weighted by molar-refractivity contribution is 7.91. The van der Waals surface area contributed by atoms with Gasteiger partial charge in [0.15, 0.2) is 9.84 Å². The number of carbonyl (C=O) groups is 2. The van der Waals surface area contributed by atoms with Crippen LogP contribution in [0.5, 0.6) is 5.75 Å². The predicted molar refractivity (Wildman–Crippen MR) is 115 cm³/mol. The van der Waals surface area contributed by atoms with Crippen LogP contribution in [0.1, 0.15) is 22.3 Å². The molecule has 3 rings (SSSR count). The van der Waals surface area contributed by atoms with E-state index >= 15 is 0 Å². The minimum Gasteiger partial charge on any atom is -0.497 e. The zero-order valence-corrected chi connectivity index (χ0v) is 17.8. The molecule has 9 heteroatoms. The van der Waals surface area contributed by atoms with Crippen molar-refractivity contribution in [3.8, 4) is 5.75 Å². The number of hydrogen-bond acceptors (Lipinski definition) is 5. The number of sulfone groups is 1. The first-order chi connectivity index (χ1) is 14.3. The van der Waals surface area contributed by atoms with Gasteiger partial charge < -0.3 is 15.4 Å². The van der Waals surface area contributed by atoms with Gasteiger partial charge in [0.25, 0.3) is 11.8 Å². The van der Waals surface area contributed by atoms with Crippen molar-refractivity contribution >= 4 is 39.3 Å². The lowest BCUT2D eigenvalue weighted by Crippen LogP contribution is -2.41. The molecule has 0 saturated carbocycles. The molecule has 1 fully saturated rings. The van der Waals surface area contributed by atoms with E-state index in [9.17, 15) is 18.0 Å². The van der Waals surface area contributed by atoms with E-state index in [1.165, 1.54) is 6.08 Å². The summed E-state index contributed by atoms with van der Waals surface area (Å²) in [7, 11) is -1.61. The summed E-state index contributed by atoms with van der Waals surface area (Å²) in [6.07, 6.45) is 1.84. The smallest absolute Gasteiger partial charge is 0.268 e. The van der Waals surface area contributed by atoms with E-state index in [4.69, 9.17) is 16.3 Å². The minimum atomic E-state index is -3.16. The lowest BCUT2D eigenvalue weighted by atomic mass is 10.1. The average molecular weight is 449 g/mol. The van der Waals surface area contributed by atoms with Crippen molar-refractivity contribution in [3.05, 3.63) is 70.4 Å². The van der Waals surface area contributed by atoms with Crippen molar-refractivity contribution in [1.29, 1.82) is 0 Å². The third-order valence-corrected chi connectivity index (χ3v) is 6.70. The maximum atomic E-state index is 12.8. The van der Waals surface area contributed by atoms with Crippen LogP contribution in [0.15, 0.2) is 54.2 Å². The molecule has 0 bridgehead atoms. The third kappa shape index (κ3) is 5.61. The summed E-state index contributed by atoms with van der Waals surface area (Å²) in [4.78, 5) is 25.5. The number of amides is 2. The molecule has 0 unspecified atom stereocenters. The second kappa shape index (κ2) is 9.32. The number of carbonyl (C=O) groups excluding carboxylic acids is 2. The molecule has 158 valence electrons. The second-order valence-corrected chi connectivity index (χ2v) is 9.47. The van der Waals surface area contributed by atoms with Crippen LogP contribution in [-0.4, -0.2) is 44.9 Å². The van der Waals surface area contributed by atoms with Crippen molar-refractivity contribution in [1.82, 2.24) is 10.6 Å². The molecule has 1 aliphatic heterocycles. The Hall–Kier alpha value is -2.84. The SMILES string of the molecule is COc1ccc(/C=C(\NC(=O)c2ccccc2Cl)C(=O)N[C@H]2CCS(=O)(=O)C2)cc1. The van der Waals surface area contributed by atoms with E-state index in [1.54, 1.807) is 55.6 Å². The molecule has 1 aliphatic rings. The van der Waals surface area contributed by atoms with Crippen LogP contribution in [0.3, 0.4) is 0 Å². The quantitative estimate of drug-likeness (QED) is 0.661. The second-order valence-electron chi connectivity index (χ2n) is 6.84. The maximum absolute atomic E-state index is 12.8. The van der Waals surface area contributed by atoms with Crippen molar-refractivity contribution in [2.45, 2.75) is 12.5 Å². The molecule has 0 radical (unpaired) electrons. The van der Waals surface area contributed by atoms with Crippen LogP contribution < -0.4 is 15.4 Å². The summed E-state index contributed by atoms with van der Waals surface area (Å²) >= 11 is 6.08. The standard InChI is InChI=1S/C21H21ClN2O5S/c1-29-16-8-6-14(7-9-16)12-19(21(26)23-15-10-11-30(27,28)13-15)24-20(25)17-4-2-3-5-18(17)22/h2-9,12,15H,10-11,13H2,1H3,(H,23,26)(H,24,25)/b19-12-/t15-/m0/s1. The molecule has 2 N–H and O–H groups in total. The summed E-state index contributed by atoms with van der Waals surface area (Å²) in [5.74, 6) is -0.564. The van der Waals surface area contributed by atoms with Gasteiger partial charge in [0, 0.05) is 6.04 Å². The van der Waals surface area contributed by atoms with Gasteiger partial charge in [-0.2, -0.15) is 0 Å². The molecular weight excluding hydrogens is 428 g/mol. The van der Waals surface area contributed by atoms with Crippen molar-refractivity contribution < 1.29 is 22.7 Å². The fourth-order valence-corrected chi connectivity index (χ4v) is 4.93. The summed E-state index contributed by atoms with van der Waals surface area (Å²) in [5, 5.41) is 5.53. The maximum Gasteiger partial charge on any atom is 0.268 e. The van der Waals surface area contributed by atoms with Gasteiger partial charge in [0.1, 0.15) is 11.4 Å². The molecule has 2 aromatic carbocycles. The third-order valence-electron chi connectivity index (χ3n) is 4.61. The zero-order valence-electron chi connectivity index (χ0n) is 16.2. The number of ether oxygens (including phenoxy) is 1. The highest BCUT2D eigenvalue weighted by Crippen LogP contribution is 2.18. The number of hydrogen-bond donors (Lipinski definition) is 2. The molecule has 0 aromatic heterocycles. The van der Waals surface area contributed by atoms with Crippen LogP contribution >= 0.6 is 11.6 Å². The molecule has 1 saturated heterocycles. The molecule has 30 heavy (non-hydrogen) atoms. The van der Waals surface area contributed by atoms with E-state index in [1.807, 2.05) is 0 Å². The van der Waals surface area contributed by atoms with Crippen molar-refractivity contribution in [2.24, 2.45) is 0 Å². The Morgan fingerprint density at radius 2 is 1.83 bits per heavy atom. The number of halogens is 1. The Morgan fingerprint density at radius 3 is 2.43 bits per heavy atom. The van der Waals surface area contributed by atoms with Crippen LogP contribution in [0.4, 0.5) is 0 Å². The Kier molecular flexibility index (Phi) is 6.79. The Balaban J connectivity index is 1.85. The van der Waals surface area contributed by atoms with Gasteiger partial charge in [-0.05, 0) is 42.3 Å². The van der Waals surface area contributed by atoms with Gasteiger partial charge in [-0.25, -0.2) is 8.42 Å². The molecule has 2 aromatic rings. The van der Waals surface area contributed by atoms with Gasteiger partial charge in [-0.15, -0.1) is 0 Å². The first kappa shape index (κ1) is 21.9. The van der Waals surface area contributed by atoms with Crippen LogP contribution in [0.2, 0.25) is 5.02 Å².